The number of rotatable bonds is 7. The van der Waals surface area contributed by atoms with E-state index in [9.17, 15) is 9.59 Å². The highest BCUT2D eigenvalue weighted by atomic mass is 16.5. The Balaban J connectivity index is 1.63. The fourth-order valence-corrected chi connectivity index (χ4v) is 3.24. The summed E-state index contributed by atoms with van der Waals surface area (Å²) in [6.07, 6.45) is 2.60. The molecule has 152 valence electrons. The lowest BCUT2D eigenvalue weighted by atomic mass is 10.1. The summed E-state index contributed by atoms with van der Waals surface area (Å²) < 4.78 is 10.5. The largest absolute Gasteiger partial charge is 0.497 e. The summed E-state index contributed by atoms with van der Waals surface area (Å²) in [7, 11) is 3.13. The SMILES string of the molecule is CCc1ccc(N2C[C@@H](C(=O)N/N=C/c3cc(OC)ccc3OC)CC2=O)cc1. The zero-order valence-electron chi connectivity index (χ0n) is 16.8. The van der Waals surface area contributed by atoms with Gasteiger partial charge in [0.05, 0.1) is 26.4 Å². The Labute approximate surface area is 170 Å². The van der Waals surface area contributed by atoms with Crippen molar-refractivity contribution in [2.24, 2.45) is 11.0 Å². The second kappa shape index (κ2) is 9.23. The van der Waals surface area contributed by atoms with Gasteiger partial charge in [-0.05, 0) is 42.3 Å². The van der Waals surface area contributed by atoms with Crippen LogP contribution in [0, 0.1) is 5.92 Å². The van der Waals surface area contributed by atoms with Crippen LogP contribution >= 0.6 is 0 Å². The number of hydrogen-bond donors (Lipinski definition) is 1. The van der Waals surface area contributed by atoms with Crippen molar-refractivity contribution in [2.45, 2.75) is 19.8 Å². The van der Waals surface area contributed by atoms with Crippen molar-refractivity contribution in [3.05, 3.63) is 53.6 Å². The van der Waals surface area contributed by atoms with Crippen molar-refractivity contribution in [1.82, 2.24) is 5.43 Å². The Morgan fingerprint density at radius 1 is 1.21 bits per heavy atom. The Bertz CT molecular complexity index is 909. The smallest absolute Gasteiger partial charge is 0.245 e. The molecule has 1 N–H and O–H groups in total. The first-order valence-corrected chi connectivity index (χ1v) is 9.50. The van der Waals surface area contributed by atoms with E-state index in [0.29, 0.717) is 23.6 Å². The zero-order chi connectivity index (χ0) is 20.8. The highest BCUT2D eigenvalue weighted by molar-refractivity contribution is 6.00. The zero-order valence-corrected chi connectivity index (χ0v) is 16.8. The van der Waals surface area contributed by atoms with E-state index in [1.165, 1.54) is 11.8 Å². The molecule has 0 spiro atoms. The number of hydrazone groups is 1. The van der Waals surface area contributed by atoms with Crippen LogP contribution in [0.1, 0.15) is 24.5 Å². The number of carbonyl (C=O) groups excluding carboxylic acids is 2. The summed E-state index contributed by atoms with van der Waals surface area (Å²) in [4.78, 5) is 26.5. The number of anilines is 1. The number of amides is 2. The molecule has 0 radical (unpaired) electrons. The normalized spacial score (nSPS) is 16.3. The van der Waals surface area contributed by atoms with Gasteiger partial charge in [0.2, 0.25) is 11.8 Å². The molecule has 1 atom stereocenters. The molecule has 1 aliphatic heterocycles. The molecule has 1 fully saturated rings. The van der Waals surface area contributed by atoms with Gasteiger partial charge in [0.25, 0.3) is 0 Å². The third-order valence-electron chi connectivity index (χ3n) is 4.97. The molecule has 1 saturated heterocycles. The Hall–Kier alpha value is -3.35. The number of benzene rings is 2. The molecule has 0 unspecified atom stereocenters. The van der Waals surface area contributed by atoms with Crippen LogP contribution in [-0.2, 0) is 16.0 Å². The van der Waals surface area contributed by atoms with Crippen molar-refractivity contribution < 1.29 is 19.1 Å². The Morgan fingerprint density at radius 2 is 1.97 bits per heavy atom. The van der Waals surface area contributed by atoms with E-state index in [1.54, 1.807) is 37.3 Å². The van der Waals surface area contributed by atoms with Crippen molar-refractivity contribution in [1.29, 1.82) is 0 Å². The lowest BCUT2D eigenvalue weighted by molar-refractivity contribution is -0.126. The maximum atomic E-state index is 12.5. The van der Waals surface area contributed by atoms with Gasteiger partial charge in [-0.2, -0.15) is 5.10 Å². The Morgan fingerprint density at radius 3 is 2.62 bits per heavy atom. The monoisotopic (exact) mass is 395 g/mol. The minimum atomic E-state index is -0.447. The molecule has 0 bridgehead atoms. The van der Waals surface area contributed by atoms with Crippen molar-refractivity contribution in [3.8, 4) is 11.5 Å². The Kier molecular flexibility index (Phi) is 6.49. The van der Waals surface area contributed by atoms with Crippen LogP contribution in [0.15, 0.2) is 47.6 Å². The van der Waals surface area contributed by atoms with E-state index in [-0.39, 0.29) is 18.2 Å². The second-order valence-electron chi connectivity index (χ2n) is 6.77. The van der Waals surface area contributed by atoms with Gasteiger partial charge in [-0.1, -0.05) is 19.1 Å². The molecule has 1 aliphatic rings. The van der Waals surface area contributed by atoms with Crippen LogP contribution in [0.3, 0.4) is 0 Å². The average molecular weight is 395 g/mol. The standard InChI is InChI=1S/C22H25N3O4/c1-4-15-5-7-18(8-6-15)25-14-17(12-21(25)26)22(27)24-23-13-16-11-19(28-2)9-10-20(16)29-3/h5-11,13,17H,4,12,14H2,1-3H3,(H,24,27)/b23-13+/t17-/m0/s1. The number of nitrogens with one attached hydrogen (secondary N) is 1. The molecule has 0 aromatic heterocycles. The topological polar surface area (TPSA) is 80.2 Å². The summed E-state index contributed by atoms with van der Waals surface area (Å²) in [5.74, 6) is 0.473. The first kappa shape index (κ1) is 20.4. The third-order valence-corrected chi connectivity index (χ3v) is 4.97. The van der Waals surface area contributed by atoms with Crippen LogP contribution < -0.4 is 19.8 Å². The highest BCUT2D eigenvalue weighted by Crippen LogP contribution is 2.26. The van der Waals surface area contributed by atoms with Gasteiger partial charge in [-0.15, -0.1) is 0 Å². The van der Waals surface area contributed by atoms with Crippen LogP contribution in [0.25, 0.3) is 0 Å². The van der Waals surface area contributed by atoms with Gasteiger partial charge in [0, 0.05) is 24.2 Å². The maximum absolute atomic E-state index is 12.5. The summed E-state index contributed by atoms with van der Waals surface area (Å²) >= 11 is 0. The van der Waals surface area contributed by atoms with Crippen LogP contribution in [0.5, 0.6) is 11.5 Å². The number of ether oxygens (including phenoxy) is 2. The molecule has 2 aromatic rings. The number of hydrogen-bond acceptors (Lipinski definition) is 5. The van der Waals surface area contributed by atoms with Gasteiger partial charge in [-0.25, -0.2) is 5.43 Å². The van der Waals surface area contributed by atoms with Gasteiger partial charge >= 0.3 is 0 Å². The van der Waals surface area contributed by atoms with E-state index < -0.39 is 5.92 Å². The van der Waals surface area contributed by atoms with Crippen molar-refractivity contribution in [2.75, 3.05) is 25.7 Å². The van der Waals surface area contributed by atoms with E-state index >= 15 is 0 Å². The predicted octanol–water partition coefficient (Wildman–Crippen LogP) is 2.77. The molecular formula is C22H25N3O4. The van der Waals surface area contributed by atoms with Crippen molar-refractivity contribution >= 4 is 23.7 Å². The van der Waals surface area contributed by atoms with E-state index in [1.807, 2.05) is 24.3 Å². The molecule has 7 heteroatoms. The first-order valence-electron chi connectivity index (χ1n) is 9.50. The molecule has 29 heavy (non-hydrogen) atoms. The van der Waals surface area contributed by atoms with Gasteiger partial charge in [0.1, 0.15) is 11.5 Å². The van der Waals surface area contributed by atoms with Crippen molar-refractivity contribution in [3.63, 3.8) is 0 Å². The lowest BCUT2D eigenvalue weighted by Crippen LogP contribution is -2.30. The fraction of sp³-hybridized carbons (Fsp3) is 0.318. The molecule has 0 saturated carbocycles. The van der Waals surface area contributed by atoms with E-state index in [0.717, 1.165) is 12.1 Å². The second-order valence-corrected chi connectivity index (χ2v) is 6.77. The predicted molar refractivity (Wildman–Crippen MR) is 112 cm³/mol. The summed E-state index contributed by atoms with van der Waals surface area (Å²) in [5, 5.41) is 4.03. The van der Waals surface area contributed by atoms with Crippen LogP contribution in [-0.4, -0.2) is 38.8 Å². The maximum Gasteiger partial charge on any atom is 0.245 e. The first-order chi connectivity index (χ1) is 14.0. The molecule has 2 amide bonds. The number of nitrogens with zero attached hydrogens (tertiary/aromatic N) is 2. The molecular weight excluding hydrogens is 370 g/mol. The quantitative estimate of drug-likeness (QED) is 0.577. The molecule has 1 heterocycles. The molecule has 2 aromatic carbocycles. The fourth-order valence-electron chi connectivity index (χ4n) is 3.24. The van der Waals surface area contributed by atoms with Gasteiger partial charge in [0.15, 0.2) is 0 Å². The average Bonchev–Trinajstić information content (AvgIpc) is 3.15. The lowest BCUT2D eigenvalue weighted by Gasteiger charge is -2.16. The molecule has 3 rings (SSSR count). The summed E-state index contributed by atoms with van der Waals surface area (Å²) in [6, 6.07) is 13.1. The van der Waals surface area contributed by atoms with Crippen LogP contribution in [0.4, 0.5) is 5.69 Å². The van der Waals surface area contributed by atoms with Gasteiger partial charge < -0.3 is 14.4 Å². The molecule has 0 aliphatic carbocycles. The minimum absolute atomic E-state index is 0.0622. The summed E-state index contributed by atoms with van der Waals surface area (Å²) in [6.45, 7) is 2.42. The third kappa shape index (κ3) is 4.74. The molecule has 7 nitrogen and oxygen atoms in total. The minimum Gasteiger partial charge on any atom is -0.497 e. The van der Waals surface area contributed by atoms with Gasteiger partial charge in [-0.3, -0.25) is 9.59 Å². The number of methoxy groups -OCH3 is 2. The summed E-state index contributed by atoms with van der Waals surface area (Å²) in [5.41, 5.74) is 5.22. The number of carbonyl (C=O) groups is 2. The van der Waals surface area contributed by atoms with E-state index in [2.05, 4.69) is 17.5 Å². The highest BCUT2D eigenvalue weighted by Gasteiger charge is 2.35. The van der Waals surface area contributed by atoms with E-state index in [4.69, 9.17) is 9.47 Å². The van der Waals surface area contributed by atoms with Crippen LogP contribution in [0.2, 0.25) is 0 Å². The number of aryl methyl sites for hydroxylation is 1.